The fourth-order valence-corrected chi connectivity index (χ4v) is 1.16. The van der Waals surface area contributed by atoms with E-state index in [4.69, 9.17) is 14.4 Å². The van der Waals surface area contributed by atoms with Crippen LogP contribution < -0.4 is 51.4 Å². The van der Waals surface area contributed by atoms with Crippen LogP contribution >= 0.6 is 0 Å². The molecule has 0 atom stereocenters. The summed E-state index contributed by atoms with van der Waals surface area (Å²) in [6.07, 6.45) is 4.01. The molecule has 6 heteroatoms. The first-order valence-electron chi connectivity index (χ1n) is 3.87. The van der Waals surface area contributed by atoms with Gasteiger partial charge in [-0.25, -0.2) is 0 Å². The molecular formula is C6H17KO4Si. The van der Waals surface area contributed by atoms with Gasteiger partial charge in [0.25, 0.3) is 0 Å². The van der Waals surface area contributed by atoms with E-state index in [1.165, 1.54) is 0 Å². The van der Waals surface area contributed by atoms with Gasteiger partial charge in [0.1, 0.15) is 0 Å². The topological polar surface area (TPSA) is 69.9 Å². The molecule has 12 heavy (non-hydrogen) atoms. The quantitative estimate of drug-likeness (QED) is 0.332. The summed E-state index contributed by atoms with van der Waals surface area (Å²) in [6, 6.07) is 0. The van der Waals surface area contributed by atoms with E-state index >= 15 is 0 Å². The minimum atomic E-state index is -4.22. The van der Waals surface area contributed by atoms with Crippen molar-refractivity contribution < 1.29 is 71.6 Å². The van der Waals surface area contributed by atoms with Gasteiger partial charge in [0, 0.05) is 6.61 Å². The van der Waals surface area contributed by atoms with Crippen LogP contribution in [0.5, 0.6) is 0 Å². The summed E-state index contributed by atoms with van der Waals surface area (Å²) >= 11 is 0. The fourth-order valence-electron chi connectivity index (χ4n) is 0.738. The average Bonchev–Trinajstić information content (AvgIpc) is 1.85. The van der Waals surface area contributed by atoms with Crippen molar-refractivity contribution in [1.82, 2.24) is 0 Å². The molecule has 0 spiro atoms. The minimum Gasteiger partial charge on any atom is -1.00 e. The summed E-state index contributed by atoms with van der Waals surface area (Å²) in [5.74, 6) is 0. The molecule has 0 heterocycles. The molecule has 0 aliphatic carbocycles. The van der Waals surface area contributed by atoms with Crippen LogP contribution in [0.25, 0.3) is 0 Å². The van der Waals surface area contributed by atoms with E-state index in [0.717, 1.165) is 25.7 Å². The summed E-state index contributed by atoms with van der Waals surface area (Å²) in [5, 5.41) is 0. The fraction of sp³-hybridized carbons (Fsp3) is 1.00. The Kier molecular flexibility index (Phi) is 12.4. The first-order chi connectivity index (χ1) is 5.06. The standard InChI is InChI=1S/C6H16O4Si.K.H/c1-2-3-4-5-6-10-11(7,8)9;;/h7-9H,2-6H2,1H3;;/q;+1;-1. The van der Waals surface area contributed by atoms with Crippen molar-refractivity contribution in [3.63, 3.8) is 0 Å². The van der Waals surface area contributed by atoms with Crippen molar-refractivity contribution in [3.05, 3.63) is 0 Å². The Morgan fingerprint density at radius 3 is 2.17 bits per heavy atom. The molecule has 0 radical (unpaired) electrons. The second kappa shape index (κ2) is 9.26. The van der Waals surface area contributed by atoms with Gasteiger partial charge in [-0.15, -0.1) is 0 Å². The minimum absolute atomic E-state index is 0. The van der Waals surface area contributed by atoms with Crippen molar-refractivity contribution in [2.75, 3.05) is 6.61 Å². The molecule has 0 saturated heterocycles. The zero-order valence-corrected chi connectivity index (χ0v) is 11.9. The van der Waals surface area contributed by atoms with E-state index in [0.29, 0.717) is 0 Å². The maximum absolute atomic E-state index is 8.40. The van der Waals surface area contributed by atoms with Gasteiger partial charge in [0.15, 0.2) is 0 Å². The number of unbranched alkanes of at least 4 members (excludes halogenated alkanes) is 3. The first kappa shape index (κ1) is 16.1. The zero-order chi connectivity index (χ0) is 8.74. The molecule has 0 rings (SSSR count). The summed E-state index contributed by atoms with van der Waals surface area (Å²) in [4.78, 5) is 25.2. The molecule has 0 amide bonds. The Bertz CT molecular complexity index is 101. The third-order valence-electron chi connectivity index (χ3n) is 1.29. The number of hydrogen-bond acceptors (Lipinski definition) is 4. The van der Waals surface area contributed by atoms with Crippen LogP contribution in [0.2, 0.25) is 0 Å². The van der Waals surface area contributed by atoms with Crippen LogP contribution in [0.4, 0.5) is 0 Å². The van der Waals surface area contributed by atoms with Gasteiger partial charge in [0.2, 0.25) is 0 Å². The molecule has 4 nitrogen and oxygen atoms in total. The maximum Gasteiger partial charge on any atom is 1.00 e. The predicted octanol–water partition coefficient (Wildman–Crippen LogP) is -2.89. The van der Waals surface area contributed by atoms with Crippen LogP contribution in [0, 0.1) is 0 Å². The third-order valence-corrected chi connectivity index (χ3v) is 1.89. The van der Waals surface area contributed by atoms with Crippen molar-refractivity contribution in [3.8, 4) is 0 Å². The van der Waals surface area contributed by atoms with Crippen LogP contribution in [0.3, 0.4) is 0 Å². The molecule has 0 bridgehead atoms. The molecule has 0 fully saturated rings. The molecule has 0 unspecified atom stereocenters. The second-order valence-electron chi connectivity index (χ2n) is 2.48. The maximum atomic E-state index is 8.40. The van der Waals surface area contributed by atoms with Gasteiger partial charge in [-0.05, 0) is 6.42 Å². The Morgan fingerprint density at radius 1 is 1.17 bits per heavy atom. The van der Waals surface area contributed by atoms with E-state index in [-0.39, 0.29) is 59.4 Å². The molecule has 0 aliphatic rings. The summed E-state index contributed by atoms with van der Waals surface area (Å²) in [5.41, 5.74) is 0. The Balaban J connectivity index is -0.000000500. The van der Waals surface area contributed by atoms with Crippen LogP contribution in [0.1, 0.15) is 34.0 Å². The van der Waals surface area contributed by atoms with Gasteiger partial charge in [-0.3, -0.25) is 0 Å². The van der Waals surface area contributed by atoms with Gasteiger partial charge in [-0.2, -0.15) is 0 Å². The van der Waals surface area contributed by atoms with Gasteiger partial charge >= 0.3 is 60.4 Å². The van der Waals surface area contributed by atoms with Gasteiger partial charge < -0.3 is 20.2 Å². The van der Waals surface area contributed by atoms with Gasteiger partial charge in [0.05, 0.1) is 0 Å². The van der Waals surface area contributed by atoms with E-state index in [9.17, 15) is 0 Å². The molecule has 0 aliphatic heterocycles. The van der Waals surface area contributed by atoms with Crippen molar-refractivity contribution in [2.45, 2.75) is 32.6 Å². The summed E-state index contributed by atoms with van der Waals surface area (Å²) < 4.78 is 4.38. The second-order valence-corrected chi connectivity index (χ2v) is 3.92. The predicted molar refractivity (Wildman–Crippen MR) is 43.6 cm³/mol. The van der Waals surface area contributed by atoms with Gasteiger partial charge in [-0.1, -0.05) is 26.2 Å². The molecule has 70 valence electrons. The molecular weight excluding hydrogens is 203 g/mol. The third kappa shape index (κ3) is 14.2. The van der Waals surface area contributed by atoms with E-state index in [1.807, 2.05) is 0 Å². The van der Waals surface area contributed by atoms with Crippen LogP contribution in [0.15, 0.2) is 0 Å². The monoisotopic (exact) mass is 220 g/mol. The molecule has 0 saturated carbocycles. The summed E-state index contributed by atoms with van der Waals surface area (Å²) in [6.45, 7) is 2.32. The molecule has 0 aromatic heterocycles. The average molecular weight is 220 g/mol. The summed E-state index contributed by atoms with van der Waals surface area (Å²) in [7, 11) is -4.22. The normalized spacial score (nSPS) is 11.0. The molecule has 3 N–H and O–H groups in total. The van der Waals surface area contributed by atoms with Crippen LogP contribution in [-0.4, -0.2) is 30.0 Å². The smallest absolute Gasteiger partial charge is 1.00 e. The Hall–Kier alpha value is 1.69. The molecule has 0 aromatic rings. The Morgan fingerprint density at radius 2 is 1.75 bits per heavy atom. The SMILES string of the molecule is CCCCCCO[Si](O)(O)O.[H-].[K+]. The number of hydrogen-bond donors (Lipinski definition) is 3. The molecule has 0 aromatic carbocycles. The van der Waals surface area contributed by atoms with Crippen molar-refractivity contribution in [1.29, 1.82) is 0 Å². The van der Waals surface area contributed by atoms with Crippen molar-refractivity contribution in [2.24, 2.45) is 0 Å². The van der Waals surface area contributed by atoms with E-state index in [1.54, 1.807) is 0 Å². The largest absolute Gasteiger partial charge is 1.00 e. The Labute approximate surface area is 118 Å². The zero-order valence-electron chi connectivity index (χ0n) is 8.79. The van der Waals surface area contributed by atoms with Crippen molar-refractivity contribution >= 4 is 9.05 Å². The van der Waals surface area contributed by atoms with E-state index in [2.05, 4.69) is 11.3 Å². The van der Waals surface area contributed by atoms with Crippen LogP contribution in [-0.2, 0) is 4.43 Å². The first-order valence-corrected chi connectivity index (χ1v) is 5.62. The number of rotatable bonds is 6. The van der Waals surface area contributed by atoms with E-state index < -0.39 is 9.05 Å².